The van der Waals surface area contributed by atoms with E-state index in [2.05, 4.69) is 10.1 Å². The molecular weight excluding hydrogens is 194 g/mol. The molecule has 0 heterocycles. The molecule has 0 fully saturated rings. The van der Waals surface area contributed by atoms with Gasteiger partial charge in [-0.15, -0.1) is 0 Å². The number of esters is 1. The lowest BCUT2D eigenvalue weighted by molar-refractivity contribution is 0.0600. The van der Waals surface area contributed by atoms with Crippen molar-refractivity contribution in [2.45, 2.75) is 6.54 Å². The van der Waals surface area contributed by atoms with E-state index in [-0.39, 0.29) is 5.97 Å². The molecule has 0 unspecified atom stereocenters. The first-order valence-corrected chi connectivity index (χ1v) is 4.62. The summed E-state index contributed by atoms with van der Waals surface area (Å²) >= 11 is 0. The largest absolute Gasteiger partial charge is 0.496 e. The highest BCUT2D eigenvalue weighted by Crippen LogP contribution is 2.20. The summed E-state index contributed by atoms with van der Waals surface area (Å²) in [5.41, 5.74) is 1.50. The van der Waals surface area contributed by atoms with Crippen molar-refractivity contribution in [3.8, 4) is 5.75 Å². The van der Waals surface area contributed by atoms with E-state index in [0.717, 1.165) is 5.56 Å². The number of rotatable bonds is 4. The number of carbonyl (C=O) groups is 1. The molecule has 0 aliphatic carbocycles. The minimum absolute atomic E-state index is 0.357. The fourth-order valence-corrected chi connectivity index (χ4v) is 1.33. The van der Waals surface area contributed by atoms with Crippen molar-refractivity contribution < 1.29 is 14.3 Å². The van der Waals surface area contributed by atoms with E-state index < -0.39 is 0 Å². The molecule has 1 rings (SSSR count). The molecule has 0 aliphatic rings. The van der Waals surface area contributed by atoms with Crippen molar-refractivity contribution in [2.24, 2.45) is 0 Å². The quantitative estimate of drug-likeness (QED) is 0.757. The maximum Gasteiger partial charge on any atom is 0.337 e. The second kappa shape index (κ2) is 5.36. The van der Waals surface area contributed by atoms with Crippen LogP contribution in [0.25, 0.3) is 0 Å². The zero-order chi connectivity index (χ0) is 11.3. The van der Waals surface area contributed by atoms with E-state index in [4.69, 9.17) is 4.74 Å². The summed E-state index contributed by atoms with van der Waals surface area (Å²) in [5.74, 6) is 0.330. The van der Waals surface area contributed by atoms with Gasteiger partial charge >= 0.3 is 5.97 Å². The number of nitrogens with one attached hydrogen (secondary N) is 1. The minimum Gasteiger partial charge on any atom is -0.496 e. The van der Waals surface area contributed by atoms with Crippen LogP contribution in [0.1, 0.15) is 15.9 Å². The highest BCUT2D eigenvalue weighted by Gasteiger charge is 2.09. The lowest BCUT2D eigenvalue weighted by Crippen LogP contribution is -2.08. The molecule has 4 heteroatoms. The van der Waals surface area contributed by atoms with Gasteiger partial charge in [-0.1, -0.05) is 6.07 Å². The van der Waals surface area contributed by atoms with Gasteiger partial charge in [0.1, 0.15) is 5.75 Å². The first kappa shape index (κ1) is 11.5. The van der Waals surface area contributed by atoms with Crippen LogP contribution < -0.4 is 10.1 Å². The molecule has 0 radical (unpaired) electrons. The smallest absolute Gasteiger partial charge is 0.337 e. The van der Waals surface area contributed by atoms with Gasteiger partial charge in [0.25, 0.3) is 0 Å². The van der Waals surface area contributed by atoms with Crippen LogP contribution in [-0.2, 0) is 11.3 Å². The highest BCUT2D eigenvalue weighted by atomic mass is 16.5. The molecule has 1 aromatic carbocycles. The van der Waals surface area contributed by atoms with Crippen LogP contribution in [0.4, 0.5) is 0 Å². The summed E-state index contributed by atoms with van der Waals surface area (Å²) in [6, 6.07) is 5.25. The third-order valence-corrected chi connectivity index (χ3v) is 2.08. The van der Waals surface area contributed by atoms with Crippen molar-refractivity contribution >= 4 is 5.97 Å². The predicted octanol–water partition coefficient (Wildman–Crippen LogP) is 1.20. The lowest BCUT2D eigenvalue weighted by Gasteiger charge is -2.09. The first-order valence-electron chi connectivity index (χ1n) is 4.62. The van der Waals surface area contributed by atoms with Crippen molar-refractivity contribution in [1.82, 2.24) is 5.32 Å². The third kappa shape index (κ3) is 2.70. The van der Waals surface area contributed by atoms with Crippen molar-refractivity contribution in [2.75, 3.05) is 21.3 Å². The highest BCUT2D eigenvalue weighted by molar-refractivity contribution is 5.89. The number of hydrogen-bond acceptors (Lipinski definition) is 4. The average molecular weight is 209 g/mol. The van der Waals surface area contributed by atoms with Gasteiger partial charge in [0, 0.05) is 12.1 Å². The van der Waals surface area contributed by atoms with Crippen LogP contribution in [0.2, 0.25) is 0 Å². The normalized spacial score (nSPS) is 9.80. The van der Waals surface area contributed by atoms with Gasteiger partial charge in [-0.2, -0.15) is 0 Å². The fraction of sp³-hybridized carbons (Fsp3) is 0.364. The van der Waals surface area contributed by atoms with Crippen molar-refractivity contribution in [3.63, 3.8) is 0 Å². The zero-order valence-corrected chi connectivity index (χ0v) is 9.16. The maximum atomic E-state index is 11.3. The number of ether oxygens (including phenoxy) is 2. The van der Waals surface area contributed by atoms with Crippen LogP contribution in [0.5, 0.6) is 5.75 Å². The molecule has 4 nitrogen and oxygen atoms in total. The van der Waals surface area contributed by atoms with E-state index in [9.17, 15) is 4.79 Å². The molecule has 0 bridgehead atoms. The summed E-state index contributed by atoms with van der Waals surface area (Å²) in [6.07, 6.45) is 0. The molecule has 0 saturated heterocycles. The van der Waals surface area contributed by atoms with Crippen molar-refractivity contribution in [3.05, 3.63) is 29.3 Å². The number of methoxy groups -OCH3 is 2. The van der Waals surface area contributed by atoms with Gasteiger partial charge in [-0.3, -0.25) is 0 Å². The molecule has 0 amide bonds. The maximum absolute atomic E-state index is 11.3. The molecule has 0 saturated carbocycles. The molecule has 0 atom stereocenters. The molecule has 82 valence electrons. The Morgan fingerprint density at radius 3 is 2.67 bits per heavy atom. The lowest BCUT2D eigenvalue weighted by atomic mass is 10.1. The zero-order valence-electron chi connectivity index (χ0n) is 9.16. The predicted molar refractivity (Wildman–Crippen MR) is 57.1 cm³/mol. The second-order valence-corrected chi connectivity index (χ2v) is 3.05. The van der Waals surface area contributed by atoms with Gasteiger partial charge in [0.05, 0.1) is 19.8 Å². The molecule has 0 spiro atoms. The topological polar surface area (TPSA) is 47.6 Å². The second-order valence-electron chi connectivity index (χ2n) is 3.05. The van der Waals surface area contributed by atoms with Gasteiger partial charge in [0.15, 0.2) is 0 Å². The van der Waals surface area contributed by atoms with Gasteiger partial charge in [-0.25, -0.2) is 4.79 Å². The Kier molecular flexibility index (Phi) is 4.12. The van der Waals surface area contributed by atoms with E-state index in [0.29, 0.717) is 17.9 Å². The van der Waals surface area contributed by atoms with E-state index in [1.165, 1.54) is 7.11 Å². The molecular formula is C11H15NO3. The van der Waals surface area contributed by atoms with Gasteiger partial charge in [0.2, 0.25) is 0 Å². The summed E-state index contributed by atoms with van der Waals surface area (Å²) in [6.45, 7) is 0.699. The van der Waals surface area contributed by atoms with Crippen LogP contribution in [0.15, 0.2) is 18.2 Å². The van der Waals surface area contributed by atoms with Crippen molar-refractivity contribution in [1.29, 1.82) is 0 Å². The fourth-order valence-electron chi connectivity index (χ4n) is 1.33. The number of hydrogen-bond donors (Lipinski definition) is 1. The molecule has 0 aliphatic heterocycles. The van der Waals surface area contributed by atoms with Gasteiger partial charge < -0.3 is 14.8 Å². The molecule has 0 aromatic heterocycles. The van der Waals surface area contributed by atoms with E-state index in [1.54, 1.807) is 19.2 Å². The molecule has 1 aromatic rings. The third-order valence-electron chi connectivity index (χ3n) is 2.08. The Labute approximate surface area is 89.2 Å². The SMILES string of the molecule is CNCc1ccc(C(=O)OC)cc1OC. The Balaban J connectivity index is 3.01. The molecule has 1 N–H and O–H groups in total. The van der Waals surface area contributed by atoms with Crippen LogP contribution in [0, 0.1) is 0 Å². The monoisotopic (exact) mass is 209 g/mol. The summed E-state index contributed by atoms with van der Waals surface area (Å²) in [5, 5.41) is 3.03. The Morgan fingerprint density at radius 1 is 1.40 bits per heavy atom. The Hall–Kier alpha value is -1.55. The van der Waals surface area contributed by atoms with Crippen LogP contribution >= 0.6 is 0 Å². The van der Waals surface area contributed by atoms with E-state index in [1.807, 2.05) is 13.1 Å². The first-order chi connectivity index (χ1) is 7.22. The Bertz CT molecular complexity index is 350. The van der Waals surface area contributed by atoms with E-state index >= 15 is 0 Å². The van der Waals surface area contributed by atoms with Gasteiger partial charge in [-0.05, 0) is 19.2 Å². The Morgan fingerprint density at radius 2 is 2.13 bits per heavy atom. The standard InChI is InChI=1S/C11H15NO3/c1-12-7-9-5-4-8(11(13)15-3)6-10(9)14-2/h4-6,12H,7H2,1-3H3. The summed E-state index contributed by atoms with van der Waals surface area (Å²) in [4.78, 5) is 11.3. The number of benzene rings is 1. The van der Waals surface area contributed by atoms with Crippen LogP contribution in [-0.4, -0.2) is 27.2 Å². The molecule has 15 heavy (non-hydrogen) atoms. The minimum atomic E-state index is -0.357. The van der Waals surface area contributed by atoms with Crippen LogP contribution in [0.3, 0.4) is 0 Å². The average Bonchev–Trinajstić information content (AvgIpc) is 2.29. The summed E-state index contributed by atoms with van der Waals surface area (Å²) < 4.78 is 9.81. The summed E-state index contributed by atoms with van der Waals surface area (Å²) in [7, 11) is 4.79. The number of carbonyl (C=O) groups excluding carboxylic acids is 1.